The Morgan fingerprint density at radius 3 is 2.85 bits per heavy atom. The van der Waals surface area contributed by atoms with Gasteiger partial charge < -0.3 is 9.84 Å². The number of hydrogen-bond acceptors (Lipinski definition) is 3. The summed E-state index contributed by atoms with van der Waals surface area (Å²) in [6, 6.07) is 9.07. The van der Waals surface area contributed by atoms with Gasteiger partial charge in [0.1, 0.15) is 5.75 Å². The number of carboxylic acid groups (broad SMARTS) is 1. The fourth-order valence-corrected chi connectivity index (χ4v) is 2.03. The third kappa shape index (κ3) is 2.99. The molecule has 2 rings (SSSR count). The molecule has 0 amide bonds. The molecule has 20 heavy (non-hydrogen) atoms. The summed E-state index contributed by atoms with van der Waals surface area (Å²) >= 11 is 0. The highest BCUT2D eigenvalue weighted by Gasteiger charge is 2.14. The zero-order chi connectivity index (χ0) is 14.5. The van der Waals surface area contributed by atoms with Crippen LogP contribution in [0.25, 0.3) is 5.69 Å². The highest BCUT2D eigenvalue weighted by atomic mass is 16.5. The van der Waals surface area contributed by atoms with Crippen LogP contribution in [0.15, 0.2) is 30.3 Å². The van der Waals surface area contributed by atoms with Crippen LogP contribution >= 0.6 is 0 Å². The molecule has 5 heteroatoms. The Morgan fingerprint density at radius 1 is 1.40 bits per heavy atom. The first-order valence-electron chi connectivity index (χ1n) is 6.62. The summed E-state index contributed by atoms with van der Waals surface area (Å²) in [5.74, 6) is -0.291. The van der Waals surface area contributed by atoms with Crippen molar-refractivity contribution < 1.29 is 14.6 Å². The Balaban J connectivity index is 2.44. The van der Waals surface area contributed by atoms with Gasteiger partial charge in [-0.05, 0) is 31.0 Å². The Hall–Kier alpha value is -2.30. The second-order valence-electron chi connectivity index (χ2n) is 4.54. The van der Waals surface area contributed by atoms with Crippen molar-refractivity contribution in [3.63, 3.8) is 0 Å². The van der Waals surface area contributed by atoms with Gasteiger partial charge >= 0.3 is 5.97 Å². The fraction of sp³-hybridized carbons (Fsp3) is 0.333. The number of aromatic nitrogens is 2. The van der Waals surface area contributed by atoms with Crippen molar-refractivity contribution >= 4 is 5.97 Å². The van der Waals surface area contributed by atoms with Gasteiger partial charge in [-0.1, -0.05) is 19.4 Å². The summed E-state index contributed by atoms with van der Waals surface area (Å²) in [4.78, 5) is 11.1. The molecular formula is C15H18N2O3. The summed E-state index contributed by atoms with van der Waals surface area (Å²) in [7, 11) is 1.60. The molecule has 0 radical (unpaired) electrons. The van der Waals surface area contributed by atoms with Crippen LogP contribution in [0.1, 0.15) is 35.9 Å². The molecule has 2 aromatic rings. The van der Waals surface area contributed by atoms with Gasteiger partial charge in [-0.25, -0.2) is 9.48 Å². The lowest BCUT2D eigenvalue weighted by molar-refractivity contribution is 0.0690. The Morgan fingerprint density at radius 2 is 2.20 bits per heavy atom. The lowest BCUT2D eigenvalue weighted by Crippen LogP contribution is -2.04. The van der Waals surface area contributed by atoms with E-state index in [0.29, 0.717) is 0 Å². The molecule has 0 spiro atoms. The van der Waals surface area contributed by atoms with Crippen LogP contribution in [-0.4, -0.2) is 28.0 Å². The average Bonchev–Trinajstić information content (AvgIpc) is 2.89. The molecule has 1 N–H and O–H groups in total. The first-order valence-corrected chi connectivity index (χ1v) is 6.62. The molecule has 106 valence electrons. The van der Waals surface area contributed by atoms with E-state index in [1.165, 1.54) is 0 Å². The second-order valence-corrected chi connectivity index (χ2v) is 4.54. The molecule has 0 unspecified atom stereocenters. The number of rotatable bonds is 6. The minimum absolute atomic E-state index is 0.0684. The zero-order valence-corrected chi connectivity index (χ0v) is 11.7. The average molecular weight is 274 g/mol. The molecule has 0 saturated heterocycles. The van der Waals surface area contributed by atoms with Gasteiger partial charge in [0.15, 0.2) is 5.69 Å². The van der Waals surface area contributed by atoms with Crippen molar-refractivity contribution in [2.24, 2.45) is 0 Å². The third-order valence-electron chi connectivity index (χ3n) is 3.09. The number of unbranched alkanes of at least 4 members (excludes halogenated alkanes) is 1. The molecular weight excluding hydrogens is 256 g/mol. The fourth-order valence-electron chi connectivity index (χ4n) is 2.03. The topological polar surface area (TPSA) is 64.3 Å². The number of benzene rings is 1. The van der Waals surface area contributed by atoms with Crippen LogP contribution in [-0.2, 0) is 6.42 Å². The summed E-state index contributed by atoms with van der Waals surface area (Å²) < 4.78 is 6.88. The number of carbonyl (C=O) groups is 1. The molecule has 0 aliphatic heterocycles. The van der Waals surface area contributed by atoms with Gasteiger partial charge in [0.25, 0.3) is 0 Å². The number of hydrogen-bond donors (Lipinski definition) is 1. The van der Waals surface area contributed by atoms with E-state index in [-0.39, 0.29) is 5.69 Å². The Labute approximate surface area is 117 Å². The zero-order valence-electron chi connectivity index (χ0n) is 11.7. The van der Waals surface area contributed by atoms with E-state index < -0.39 is 5.97 Å². The third-order valence-corrected chi connectivity index (χ3v) is 3.09. The maximum atomic E-state index is 11.1. The second kappa shape index (κ2) is 6.23. The number of carboxylic acids is 1. The van der Waals surface area contributed by atoms with Crippen molar-refractivity contribution in [3.8, 4) is 11.4 Å². The van der Waals surface area contributed by atoms with Crippen LogP contribution in [0.4, 0.5) is 0 Å². The van der Waals surface area contributed by atoms with E-state index in [0.717, 1.165) is 36.4 Å². The molecule has 0 fully saturated rings. The van der Waals surface area contributed by atoms with Gasteiger partial charge in [-0.15, -0.1) is 0 Å². The van der Waals surface area contributed by atoms with E-state index in [1.807, 2.05) is 24.3 Å². The molecule has 5 nitrogen and oxygen atoms in total. The maximum absolute atomic E-state index is 11.1. The van der Waals surface area contributed by atoms with Gasteiger partial charge in [-0.3, -0.25) is 0 Å². The summed E-state index contributed by atoms with van der Waals surface area (Å²) in [5.41, 5.74) is 1.78. The van der Waals surface area contributed by atoms with Crippen molar-refractivity contribution in [1.82, 2.24) is 9.78 Å². The summed E-state index contributed by atoms with van der Waals surface area (Å²) in [5, 5.41) is 13.3. The van der Waals surface area contributed by atoms with Gasteiger partial charge in [0.05, 0.1) is 12.8 Å². The molecule has 1 heterocycles. The Bertz CT molecular complexity index is 605. The lowest BCUT2D eigenvalue weighted by Gasteiger charge is -2.08. The SMILES string of the molecule is CCCCc1cc(C(=O)O)nn1-c1cccc(OC)c1. The first-order chi connectivity index (χ1) is 9.65. The van der Waals surface area contributed by atoms with Crippen LogP contribution < -0.4 is 4.74 Å². The number of ether oxygens (including phenoxy) is 1. The molecule has 0 aliphatic rings. The number of aryl methyl sites for hydroxylation is 1. The lowest BCUT2D eigenvalue weighted by atomic mass is 10.2. The van der Waals surface area contributed by atoms with Crippen LogP contribution in [0.5, 0.6) is 5.75 Å². The van der Waals surface area contributed by atoms with Gasteiger partial charge in [0, 0.05) is 11.8 Å². The monoisotopic (exact) mass is 274 g/mol. The summed E-state index contributed by atoms with van der Waals surface area (Å²) in [6.07, 6.45) is 2.84. The molecule has 0 atom stereocenters. The van der Waals surface area contributed by atoms with Crippen LogP contribution in [0.3, 0.4) is 0 Å². The maximum Gasteiger partial charge on any atom is 0.356 e. The number of methoxy groups -OCH3 is 1. The van der Waals surface area contributed by atoms with E-state index in [2.05, 4.69) is 12.0 Å². The number of nitrogens with zero attached hydrogens (tertiary/aromatic N) is 2. The quantitative estimate of drug-likeness (QED) is 0.879. The van der Waals surface area contributed by atoms with Crippen molar-refractivity contribution in [1.29, 1.82) is 0 Å². The standard InChI is InChI=1S/C15H18N2O3/c1-3-4-6-12-10-14(15(18)19)16-17(12)11-7-5-8-13(9-11)20-2/h5,7-10H,3-4,6H2,1-2H3,(H,18,19). The molecule has 0 saturated carbocycles. The molecule has 0 bridgehead atoms. The van der Waals surface area contributed by atoms with Crippen LogP contribution in [0, 0.1) is 0 Å². The van der Waals surface area contributed by atoms with Gasteiger partial charge in [0.2, 0.25) is 0 Å². The number of aromatic carboxylic acids is 1. The first kappa shape index (κ1) is 14.1. The highest BCUT2D eigenvalue weighted by molar-refractivity contribution is 5.85. The largest absolute Gasteiger partial charge is 0.497 e. The summed E-state index contributed by atoms with van der Waals surface area (Å²) in [6.45, 7) is 2.10. The molecule has 1 aromatic heterocycles. The predicted molar refractivity (Wildman–Crippen MR) is 75.7 cm³/mol. The van der Waals surface area contributed by atoms with Crippen molar-refractivity contribution in [3.05, 3.63) is 41.7 Å². The van der Waals surface area contributed by atoms with Gasteiger partial charge in [-0.2, -0.15) is 5.10 Å². The van der Waals surface area contributed by atoms with E-state index in [4.69, 9.17) is 9.84 Å². The van der Waals surface area contributed by atoms with Crippen molar-refractivity contribution in [2.45, 2.75) is 26.2 Å². The smallest absolute Gasteiger partial charge is 0.356 e. The normalized spacial score (nSPS) is 10.5. The Kier molecular flexibility index (Phi) is 4.40. The van der Waals surface area contributed by atoms with Crippen molar-refractivity contribution in [2.75, 3.05) is 7.11 Å². The molecule has 1 aromatic carbocycles. The predicted octanol–water partition coefficient (Wildman–Crippen LogP) is 2.92. The van der Waals surface area contributed by atoms with E-state index in [9.17, 15) is 4.79 Å². The minimum atomic E-state index is -1.01. The van der Waals surface area contributed by atoms with E-state index >= 15 is 0 Å². The van der Waals surface area contributed by atoms with Crippen LogP contribution in [0.2, 0.25) is 0 Å². The molecule has 0 aliphatic carbocycles. The van der Waals surface area contributed by atoms with E-state index in [1.54, 1.807) is 17.9 Å². The minimum Gasteiger partial charge on any atom is -0.497 e. The highest BCUT2D eigenvalue weighted by Crippen LogP contribution is 2.19.